The van der Waals surface area contributed by atoms with E-state index in [1.165, 1.54) is 0 Å². The van der Waals surface area contributed by atoms with Gasteiger partial charge in [0, 0.05) is 0 Å². The third-order valence-corrected chi connectivity index (χ3v) is 2.48. The van der Waals surface area contributed by atoms with Crippen LogP contribution in [0.15, 0.2) is 20.1 Å². The Balaban J connectivity index is 0. The highest BCUT2D eigenvalue weighted by Gasteiger charge is 2.08. The van der Waals surface area contributed by atoms with Crippen molar-refractivity contribution in [2.75, 3.05) is 0 Å². The number of carbonyl (C=O) groups is 4. The summed E-state index contributed by atoms with van der Waals surface area (Å²) in [4.78, 5) is 39.2. The van der Waals surface area contributed by atoms with Gasteiger partial charge in [0.2, 0.25) is 0 Å². The molecule has 10 heteroatoms. The zero-order valence-electron chi connectivity index (χ0n) is 8.19. The predicted octanol–water partition coefficient (Wildman–Crippen LogP) is 1.92. The molecule has 6 nitrogen and oxygen atoms in total. The Morgan fingerprint density at radius 1 is 0.722 bits per heavy atom. The Morgan fingerprint density at radius 2 is 0.944 bits per heavy atom. The van der Waals surface area contributed by atoms with E-state index in [2.05, 4.69) is 0 Å². The molecule has 0 saturated carbocycles. The lowest BCUT2D eigenvalue weighted by Gasteiger charge is -1.86. The van der Waals surface area contributed by atoms with Crippen LogP contribution < -0.4 is 0 Å². The summed E-state index contributed by atoms with van der Waals surface area (Å²) in [7, 11) is 0. The standard InChI is InChI=1S/2C4H2Cl2O3/c2*5-2(1-7)3(6)4(8)9/h2*1H,(H,8,9)/b2*3-2-. The topological polar surface area (TPSA) is 109 Å². The molecule has 0 saturated heterocycles. The minimum atomic E-state index is -1.41. The molecule has 0 aliphatic heterocycles. The molecule has 0 unspecified atom stereocenters. The summed E-state index contributed by atoms with van der Waals surface area (Å²) in [6, 6.07) is 0. The van der Waals surface area contributed by atoms with E-state index >= 15 is 0 Å². The van der Waals surface area contributed by atoms with Gasteiger partial charge in [0.05, 0.1) is 0 Å². The highest BCUT2D eigenvalue weighted by atomic mass is 35.5. The third kappa shape index (κ3) is 8.08. The molecule has 0 aromatic carbocycles. The molecule has 0 aromatic rings. The van der Waals surface area contributed by atoms with Crippen LogP contribution in [0, 0.1) is 0 Å². The second kappa shape index (κ2) is 9.90. The van der Waals surface area contributed by atoms with E-state index in [9.17, 15) is 19.2 Å². The predicted molar refractivity (Wildman–Crippen MR) is 64.9 cm³/mol. The molecule has 0 bridgehead atoms. The van der Waals surface area contributed by atoms with Gasteiger partial charge in [-0.2, -0.15) is 0 Å². The van der Waals surface area contributed by atoms with Crippen molar-refractivity contribution < 1.29 is 29.4 Å². The van der Waals surface area contributed by atoms with Crippen molar-refractivity contribution in [2.45, 2.75) is 0 Å². The second-order valence-corrected chi connectivity index (χ2v) is 3.74. The first-order valence-electron chi connectivity index (χ1n) is 3.66. The normalized spacial score (nSPS) is 12.2. The zero-order chi connectivity index (χ0) is 14.9. The number of carboxylic acid groups (broad SMARTS) is 2. The molecule has 0 amide bonds. The number of carboxylic acids is 2. The van der Waals surface area contributed by atoms with Gasteiger partial charge in [-0.1, -0.05) is 46.4 Å². The molecule has 100 valence electrons. The van der Waals surface area contributed by atoms with Crippen molar-refractivity contribution in [3.05, 3.63) is 20.1 Å². The lowest BCUT2D eigenvalue weighted by Crippen LogP contribution is -1.96. The van der Waals surface area contributed by atoms with Crippen LogP contribution in [0.4, 0.5) is 0 Å². The molecule has 0 aliphatic rings. The van der Waals surface area contributed by atoms with Crippen molar-refractivity contribution in [2.24, 2.45) is 0 Å². The van der Waals surface area contributed by atoms with E-state index in [1.54, 1.807) is 0 Å². The quantitative estimate of drug-likeness (QED) is 0.599. The molecule has 0 heterocycles. The minimum absolute atomic E-state index is 0.165. The Labute approximate surface area is 120 Å². The van der Waals surface area contributed by atoms with E-state index in [1.807, 2.05) is 0 Å². The summed E-state index contributed by atoms with van der Waals surface area (Å²) in [5.41, 5.74) is 0. The first-order valence-corrected chi connectivity index (χ1v) is 5.17. The molecule has 0 fully saturated rings. The summed E-state index contributed by atoms with van der Waals surface area (Å²) in [6.07, 6.45) is 0.329. The van der Waals surface area contributed by atoms with Crippen LogP contribution in [0.3, 0.4) is 0 Å². The molecule has 0 aliphatic carbocycles. The van der Waals surface area contributed by atoms with Gasteiger partial charge in [-0.05, 0) is 0 Å². The first kappa shape index (κ1) is 19.3. The van der Waals surface area contributed by atoms with Crippen LogP contribution in [0.5, 0.6) is 0 Å². The van der Waals surface area contributed by atoms with Gasteiger partial charge in [0.25, 0.3) is 0 Å². The average Bonchev–Trinajstić information content (AvgIpc) is 2.35. The van der Waals surface area contributed by atoms with Crippen molar-refractivity contribution in [3.63, 3.8) is 0 Å². The maximum absolute atomic E-state index is 9.87. The fourth-order valence-corrected chi connectivity index (χ4v) is 0.559. The van der Waals surface area contributed by atoms with Crippen LogP contribution in [0.2, 0.25) is 0 Å². The Kier molecular flexibility index (Phi) is 10.6. The van der Waals surface area contributed by atoms with E-state index in [-0.39, 0.29) is 12.6 Å². The number of aliphatic carboxylic acids is 2. The maximum Gasteiger partial charge on any atom is 0.348 e. The molecule has 0 rings (SSSR count). The lowest BCUT2D eigenvalue weighted by molar-refractivity contribution is -0.133. The fraction of sp³-hybridized carbons (Fsp3) is 0. The summed E-state index contributed by atoms with van der Waals surface area (Å²) in [5.74, 6) is -2.82. The van der Waals surface area contributed by atoms with Crippen LogP contribution >= 0.6 is 46.4 Å². The second-order valence-electron chi connectivity index (χ2n) is 2.17. The van der Waals surface area contributed by atoms with Crippen molar-refractivity contribution in [1.82, 2.24) is 0 Å². The number of rotatable bonds is 4. The molecule has 0 spiro atoms. The summed E-state index contributed by atoms with van der Waals surface area (Å²) >= 11 is 20.0. The third-order valence-electron chi connectivity index (χ3n) is 1.00. The van der Waals surface area contributed by atoms with E-state index in [0.29, 0.717) is 0 Å². The van der Waals surface area contributed by atoms with Gasteiger partial charge in [-0.15, -0.1) is 0 Å². The number of carbonyl (C=O) groups excluding carboxylic acids is 2. The Morgan fingerprint density at radius 3 is 1.00 bits per heavy atom. The van der Waals surface area contributed by atoms with Gasteiger partial charge >= 0.3 is 11.9 Å². The maximum atomic E-state index is 9.87. The largest absolute Gasteiger partial charge is 0.477 e. The molecule has 2 N–H and O–H groups in total. The molecular weight excluding hydrogens is 334 g/mol. The van der Waals surface area contributed by atoms with Crippen LogP contribution in [-0.4, -0.2) is 34.7 Å². The lowest BCUT2D eigenvalue weighted by atomic mass is 10.5. The summed E-state index contributed by atoms with van der Waals surface area (Å²) < 4.78 is 0. The number of hydrogen-bond acceptors (Lipinski definition) is 4. The summed E-state index contributed by atoms with van der Waals surface area (Å²) in [6.45, 7) is 0. The highest BCUT2D eigenvalue weighted by Crippen LogP contribution is 2.11. The van der Waals surface area contributed by atoms with Crippen LogP contribution in [0.1, 0.15) is 0 Å². The molecule has 0 aromatic heterocycles. The van der Waals surface area contributed by atoms with Gasteiger partial charge in [-0.3, -0.25) is 9.59 Å². The van der Waals surface area contributed by atoms with E-state index in [0.717, 1.165) is 0 Å². The first-order chi connectivity index (χ1) is 8.18. The van der Waals surface area contributed by atoms with Gasteiger partial charge in [0.1, 0.15) is 20.1 Å². The van der Waals surface area contributed by atoms with Gasteiger partial charge in [0.15, 0.2) is 12.6 Å². The van der Waals surface area contributed by atoms with Crippen LogP contribution in [-0.2, 0) is 19.2 Å². The zero-order valence-corrected chi connectivity index (χ0v) is 11.2. The van der Waals surface area contributed by atoms with Crippen molar-refractivity contribution in [1.29, 1.82) is 0 Å². The van der Waals surface area contributed by atoms with E-state index < -0.39 is 32.1 Å². The number of aldehydes is 2. The number of halogens is 4. The molecule has 0 atom stereocenters. The highest BCUT2D eigenvalue weighted by molar-refractivity contribution is 6.52. The van der Waals surface area contributed by atoms with Crippen LogP contribution in [0.25, 0.3) is 0 Å². The van der Waals surface area contributed by atoms with Gasteiger partial charge < -0.3 is 10.2 Å². The smallest absolute Gasteiger partial charge is 0.348 e. The monoisotopic (exact) mass is 336 g/mol. The molecule has 0 radical (unpaired) electrons. The van der Waals surface area contributed by atoms with Crippen molar-refractivity contribution in [3.8, 4) is 0 Å². The van der Waals surface area contributed by atoms with Gasteiger partial charge in [-0.25, -0.2) is 9.59 Å². The van der Waals surface area contributed by atoms with E-state index in [4.69, 9.17) is 56.6 Å². The Bertz CT molecular complexity index is 385. The SMILES string of the molecule is O=C/C(Cl)=C(/Cl)C(=O)O.O=C/C(Cl)=C(/Cl)C(=O)O. The fourth-order valence-electron chi connectivity index (χ4n) is 0.308. The minimum Gasteiger partial charge on any atom is -0.477 e. The molecule has 18 heavy (non-hydrogen) atoms. The average molecular weight is 338 g/mol. The number of allylic oxidation sites excluding steroid dienone is 2. The Hall–Kier alpha value is -1.08. The number of hydrogen-bond donors (Lipinski definition) is 2. The summed E-state index contributed by atoms with van der Waals surface area (Å²) in [5, 5.41) is 13.8. The molecular formula is C8H4Cl4O6. The van der Waals surface area contributed by atoms with Crippen molar-refractivity contribution >= 4 is 70.9 Å².